The molecule has 2 nitrogen and oxygen atoms in total. The smallest absolute Gasteiger partial charge is 0.0197 e. The van der Waals surface area contributed by atoms with E-state index in [1.807, 2.05) is 0 Å². The molecule has 0 amide bonds. The maximum absolute atomic E-state index is 3.59. The molecule has 0 aliphatic carbocycles. The zero-order chi connectivity index (χ0) is 12.0. The molecule has 1 atom stereocenters. The van der Waals surface area contributed by atoms with Crippen molar-refractivity contribution >= 4 is 0 Å². The second-order valence-electron chi connectivity index (χ2n) is 5.87. The van der Waals surface area contributed by atoms with Gasteiger partial charge in [0.25, 0.3) is 0 Å². The first-order valence-electron chi connectivity index (χ1n) is 7.05. The molecule has 1 N–H and O–H groups in total. The maximum atomic E-state index is 3.59. The van der Waals surface area contributed by atoms with E-state index in [1.54, 1.807) is 0 Å². The lowest BCUT2D eigenvalue weighted by atomic mass is 10.0. The number of rotatable bonds is 7. The van der Waals surface area contributed by atoms with Crippen molar-refractivity contribution in [1.29, 1.82) is 0 Å². The van der Waals surface area contributed by atoms with Crippen molar-refractivity contribution in [1.82, 2.24) is 10.2 Å². The molecule has 1 unspecified atom stereocenters. The van der Waals surface area contributed by atoms with E-state index in [1.165, 1.54) is 45.2 Å². The van der Waals surface area contributed by atoms with Crippen molar-refractivity contribution in [3.05, 3.63) is 0 Å². The van der Waals surface area contributed by atoms with Gasteiger partial charge in [-0.1, -0.05) is 19.8 Å². The average molecular weight is 226 g/mol. The van der Waals surface area contributed by atoms with Crippen molar-refractivity contribution in [3.63, 3.8) is 0 Å². The Hall–Kier alpha value is -0.0800. The van der Waals surface area contributed by atoms with Gasteiger partial charge in [-0.25, -0.2) is 0 Å². The molecule has 2 heteroatoms. The van der Waals surface area contributed by atoms with Crippen LogP contribution in [0.4, 0.5) is 0 Å². The molecule has 0 saturated carbocycles. The van der Waals surface area contributed by atoms with Crippen LogP contribution in [0, 0.1) is 0 Å². The fraction of sp³-hybridized carbons (Fsp3) is 1.00. The zero-order valence-electron chi connectivity index (χ0n) is 11.7. The molecule has 96 valence electrons. The molecule has 0 aromatic heterocycles. The summed E-state index contributed by atoms with van der Waals surface area (Å²) >= 11 is 0. The maximum Gasteiger partial charge on any atom is 0.0197 e. The molecule has 1 rings (SSSR count). The van der Waals surface area contributed by atoms with Crippen LogP contribution in [0.5, 0.6) is 0 Å². The number of unbranched alkanes of at least 4 members (excludes halogenated alkanes) is 2. The second kappa shape index (κ2) is 6.61. The fourth-order valence-corrected chi connectivity index (χ4v) is 2.87. The summed E-state index contributed by atoms with van der Waals surface area (Å²) in [4.78, 5) is 2.67. The Morgan fingerprint density at radius 2 is 2.06 bits per heavy atom. The van der Waals surface area contributed by atoms with E-state index >= 15 is 0 Å². The zero-order valence-corrected chi connectivity index (χ0v) is 11.7. The molecule has 1 aliphatic rings. The Morgan fingerprint density at radius 3 is 2.62 bits per heavy atom. The molecule has 1 fully saturated rings. The summed E-state index contributed by atoms with van der Waals surface area (Å²) in [6.07, 6.45) is 6.72. The van der Waals surface area contributed by atoms with Crippen LogP contribution in [0.15, 0.2) is 0 Å². The van der Waals surface area contributed by atoms with Crippen molar-refractivity contribution in [3.8, 4) is 0 Å². The first-order valence-corrected chi connectivity index (χ1v) is 7.05. The van der Waals surface area contributed by atoms with E-state index in [0.29, 0.717) is 11.6 Å². The molecule has 1 saturated heterocycles. The minimum Gasteiger partial charge on any atom is -0.315 e. The molecular weight excluding hydrogens is 196 g/mol. The molecule has 1 heterocycles. The van der Waals surface area contributed by atoms with Crippen LogP contribution in [0.1, 0.15) is 59.8 Å². The van der Waals surface area contributed by atoms with E-state index in [0.717, 1.165) is 6.54 Å². The molecule has 0 spiro atoms. The summed E-state index contributed by atoms with van der Waals surface area (Å²) in [6, 6.07) is 0.680. The van der Waals surface area contributed by atoms with Gasteiger partial charge in [-0.15, -0.1) is 0 Å². The second-order valence-corrected chi connectivity index (χ2v) is 5.87. The number of likely N-dealkylation sites (tertiary alicyclic amines) is 1. The van der Waals surface area contributed by atoms with Gasteiger partial charge in [-0.3, -0.25) is 4.90 Å². The van der Waals surface area contributed by atoms with E-state index in [2.05, 4.69) is 37.9 Å². The lowest BCUT2D eigenvalue weighted by Gasteiger charge is -2.36. The van der Waals surface area contributed by atoms with E-state index in [9.17, 15) is 0 Å². The quantitative estimate of drug-likeness (QED) is 0.671. The minimum absolute atomic E-state index is 0.421. The van der Waals surface area contributed by atoms with E-state index in [4.69, 9.17) is 0 Å². The number of nitrogens with one attached hydrogen (secondary N) is 1. The van der Waals surface area contributed by atoms with Gasteiger partial charge < -0.3 is 5.32 Å². The van der Waals surface area contributed by atoms with E-state index < -0.39 is 0 Å². The Morgan fingerprint density at radius 1 is 1.31 bits per heavy atom. The van der Waals surface area contributed by atoms with Gasteiger partial charge in [0.05, 0.1) is 0 Å². The van der Waals surface area contributed by atoms with Crippen LogP contribution in [0.2, 0.25) is 0 Å². The average Bonchev–Trinajstić information content (AvgIpc) is 2.57. The standard InChI is InChI=1S/C14H30N2/c1-5-6-7-10-15-12-13(2)16-11-8-9-14(16,3)4/h13,15H,5-12H2,1-4H3. The van der Waals surface area contributed by atoms with Crippen LogP contribution in [-0.4, -0.2) is 36.1 Å². The Kier molecular flexibility index (Phi) is 5.77. The van der Waals surface area contributed by atoms with Crippen LogP contribution in [0.3, 0.4) is 0 Å². The highest BCUT2D eigenvalue weighted by Crippen LogP contribution is 2.29. The molecule has 1 aliphatic heterocycles. The molecule has 0 aromatic carbocycles. The first kappa shape index (κ1) is 14.0. The predicted octanol–water partition coefficient (Wildman–Crippen LogP) is 3.03. The van der Waals surface area contributed by atoms with Crippen LogP contribution in [-0.2, 0) is 0 Å². The molecule has 0 bridgehead atoms. The SMILES string of the molecule is CCCCCNCC(C)N1CCCC1(C)C. The highest BCUT2D eigenvalue weighted by molar-refractivity contribution is 4.91. The highest BCUT2D eigenvalue weighted by Gasteiger charge is 2.34. The van der Waals surface area contributed by atoms with Crippen molar-refractivity contribution < 1.29 is 0 Å². The van der Waals surface area contributed by atoms with Gasteiger partial charge in [-0.2, -0.15) is 0 Å². The lowest BCUT2D eigenvalue weighted by molar-refractivity contribution is 0.123. The van der Waals surface area contributed by atoms with Crippen molar-refractivity contribution in [2.24, 2.45) is 0 Å². The largest absolute Gasteiger partial charge is 0.315 e. The van der Waals surface area contributed by atoms with Crippen LogP contribution < -0.4 is 5.32 Å². The summed E-state index contributed by atoms with van der Waals surface area (Å²) in [5.74, 6) is 0. The van der Waals surface area contributed by atoms with Gasteiger partial charge in [0, 0.05) is 18.1 Å². The normalized spacial score (nSPS) is 22.5. The highest BCUT2D eigenvalue weighted by atomic mass is 15.2. The van der Waals surface area contributed by atoms with Crippen LogP contribution >= 0.6 is 0 Å². The Bertz CT molecular complexity index is 189. The predicted molar refractivity (Wildman–Crippen MR) is 71.9 cm³/mol. The van der Waals surface area contributed by atoms with Gasteiger partial charge in [0.1, 0.15) is 0 Å². The number of nitrogens with zero attached hydrogens (tertiary/aromatic N) is 1. The summed E-state index contributed by atoms with van der Waals surface area (Å²) in [5, 5.41) is 3.59. The third-order valence-electron chi connectivity index (χ3n) is 3.89. The van der Waals surface area contributed by atoms with Gasteiger partial charge in [0.2, 0.25) is 0 Å². The summed E-state index contributed by atoms with van der Waals surface area (Å²) in [6.45, 7) is 13.0. The minimum atomic E-state index is 0.421. The van der Waals surface area contributed by atoms with Crippen molar-refractivity contribution in [2.45, 2.75) is 71.4 Å². The molecule has 0 aromatic rings. The van der Waals surface area contributed by atoms with Gasteiger partial charge >= 0.3 is 0 Å². The molecular formula is C14H30N2. The Labute approximate surface area is 102 Å². The number of hydrogen-bond acceptors (Lipinski definition) is 2. The third-order valence-corrected chi connectivity index (χ3v) is 3.89. The topological polar surface area (TPSA) is 15.3 Å². The summed E-state index contributed by atoms with van der Waals surface area (Å²) < 4.78 is 0. The Balaban J connectivity index is 2.17. The fourth-order valence-electron chi connectivity index (χ4n) is 2.87. The van der Waals surface area contributed by atoms with Crippen LogP contribution in [0.25, 0.3) is 0 Å². The monoisotopic (exact) mass is 226 g/mol. The molecule has 16 heavy (non-hydrogen) atoms. The van der Waals surface area contributed by atoms with E-state index in [-0.39, 0.29) is 0 Å². The number of hydrogen-bond donors (Lipinski definition) is 1. The first-order chi connectivity index (χ1) is 7.58. The lowest BCUT2D eigenvalue weighted by Crippen LogP contribution is -2.48. The molecule has 0 radical (unpaired) electrons. The van der Waals surface area contributed by atoms with Crippen molar-refractivity contribution in [2.75, 3.05) is 19.6 Å². The van der Waals surface area contributed by atoms with Gasteiger partial charge in [0.15, 0.2) is 0 Å². The summed E-state index contributed by atoms with van der Waals surface area (Å²) in [7, 11) is 0. The summed E-state index contributed by atoms with van der Waals surface area (Å²) in [5.41, 5.74) is 0.421. The third kappa shape index (κ3) is 4.06. The van der Waals surface area contributed by atoms with Gasteiger partial charge in [-0.05, 0) is 53.1 Å².